The van der Waals surface area contributed by atoms with Crippen LogP contribution in [0.25, 0.3) is 11.0 Å². The smallest absolute Gasteiger partial charge is 0.225 e. The van der Waals surface area contributed by atoms with Crippen LogP contribution in [0.5, 0.6) is 0 Å². The van der Waals surface area contributed by atoms with E-state index < -0.39 is 0 Å². The number of hydrogen-bond donors (Lipinski definition) is 1. The summed E-state index contributed by atoms with van der Waals surface area (Å²) < 4.78 is 0. The topological polar surface area (TPSA) is 58.1 Å². The predicted molar refractivity (Wildman–Crippen MR) is 103 cm³/mol. The number of anilines is 1. The van der Waals surface area contributed by atoms with E-state index in [0.29, 0.717) is 13.1 Å². The van der Waals surface area contributed by atoms with Gasteiger partial charge < -0.3 is 10.2 Å². The van der Waals surface area contributed by atoms with Gasteiger partial charge in [0.2, 0.25) is 5.91 Å². The lowest BCUT2D eigenvalue weighted by Crippen LogP contribution is -2.43. The maximum absolute atomic E-state index is 12.6. The molecule has 26 heavy (non-hydrogen) atoms. The molecule has 3 aromatic rings. The summed E-state index contributed by atoms with van der Waals surface area (Å²) in [6, 6.07) is 17.9. The monoisotopic (exact) mass is 346 g/mol. The lowest BCUT2D eigenvalue weighted by Gasteiger charge is -2.32. The fourth-order valence-corrected chi connectivity index (χ4v) is 3.43. The third-order valence-electron chi connectivity index (χ3n) is 4.86. The molecule has 1 aliphatic heterocycles. The van der Waals surface area contributed by atoms with E-state index in [1.165, 1.54) is 0 Å². The van der Waals surface area contributed by atoms with Crippen LogP contribution in [0.2, 0.25) is 0 Å². The van der Waals surface area contributed by atoms with E-state index in [0.717, 1.165) is 41.8 Å². The SMILES string of the molecule is O=C(NCc1ccccc1)[C@@H]1CCCN(c2cnc3ccccc3n2)C1. The zero-order valence-corrected chi connectivity index (χ0v) is 14.6. The van der Waals surface area contributed by atoms with Crippen molar-refractivity contribution in [3.63, 3.8) is 0 Å². The summed E-state index contributed by atoms with van der Waals surface area (Å²) >= 11 is 0. The van der Waals surface area contributed by atoms with Gasteiger partial charge in [-0.05, 0) is 30.5 Å². The number of fused-ring (bicyclic) bond motifs is 1. The molecule has 1 aliphatic rings. The molecular weight excluding hydrogens is 324 g/mol. The molecule has 0 bridgehead atoms. The second kappa shape index (κ2) is 7.52. The lowest BCUT2D eigenvalue weighted by atomic mass is 9.97. The minimum absolute atomic E-state index is 0.0132. The van der Waals surface area contributed by atoms with Crippen molar-refractivity contribution in [2.45, 2.75) is 19.4 Å². The number of para-hydroxylation sites is 2. The summed E-state index contributed by atoms with van der Waals surface area (Å²) in [5.41, 5.74) is 2.90. The highest BCUT2D eigenvalue weighted by Gasteiger charge is 2.26. The maximum Gasteiger partial charge on any atom is 0.225 e. The zero-order valence-electron chi connectivity index (χ0n) is 14.6. The molecule has 2 aromatic carbocycles. The number of carbonyl (C=O) groups excluding carboxylic acids is 1. The number of nitrogens with one attached hydrogen (secondary N) is 1. The van der Waals surface area contributed by atoms with Crippen LogP contribution in [0.1, 0.15) is 18.4 Å². The quantitative estimate of drug-likeness (QED) is 0.788. The van der Waals surface area contributed by atoms with Crippen molar-refractivity contribution in [2.75, 3.05) is 18.0 Å². The number of aromatic nitrogens is 2. The summed E-state index contributed by atoms with van der Waals surface area (Å²) in [4.78, 5) is 24.0. The summed E-state index contributed by atoms with van der Waals surface area (Å²) in [6.07, 6.45) is 3.71. The molecule has 1 atom stereocenters. The summed E-state index contributed by atoms with van der Waals surface area (Å²) in [7, 11) is 0. The van der Waals surface area contributed by atoms with Gasteiger partial charge in [0.15, 0.2) is 0 Å². The van der Waals surface area contributed by atoms with Crippen molar-refractivity contribution >= 4 is 22.8 Å². The number of carbonyl (C=O) groups is 1. The van der Waals surface area contributed by atoms with Gasteiger partial charge in [0.05, 0.1) is 23.1 Å². The maximum atomic E-state index is 12.6. The van der Waals surface area contributed by atoms with Gasteiger partial charge in [0, 0.05) is 19.6 Å². The van der Waals surface area contributed by atoms with Crippen LogP contribution in [0.4, 0.5) is 5.82 Å². The number of benzene rings is 2. The highest BCUT2D eigenvalue weighted by atomic mass is 16.1. The van der Waals surface area contributed by atoms with E-state index in [1.54, 1.807) is 0 Å². The molecule has 0 unspecified atom stereocenters. The molecule has 4 rings (SSSR count). The van der Waals surface area contributed by atoms with Gasteiger partial charge in [-0.1, -0.05) is 42.5 Å². The Morgan fingerprint density at radius 2 is 1.85 bits per heavy atom. The fourth-order valence-electron chi connectivity index (χ4n) is 3.43. The van der Waals surface area contributed by atoms with Crippen LogP contribution in [0, 0.1) is 5.92 Å². The first-order chi connectivity index (χ1) is 12.8. The summed E-state index contributed by atoms with van der Waals surface area (Å²) in [5, 5.41) is 3.07. The molecule has 5 heteroatoms. The Kier molecular flexibility index (Phi) is 4.78. The predicted octanol–water partition coefficient (Wildman–Crippen LogP) is 3.16. The zero-order chi connectivity index (χ0) is 17.8. The Bertz CT molecular complexity index is 897. The van der Waals surface area contributed by atoms with Crippen LogP contribution < -0.4 is 10.2 Å². The highest BCUT2D eigenvalue weighted by Crippen LogP contribution is 2.23. The molecular formula is C21H22N4O. The first kappa shape index (κ1) is 16.5. The van der Waals surface area contributed by atoms with Crippen molar-refractivity contribution in [1.29, 1.82) is 0 Å². The largest absolute Gasteiger partial charge is 0.355 e. The van der Waals surface area contributed by atoms with Gasteiger partial charge in [-0.3, -0.25) is 9.78 Å². The van der Waals surface area contributed by atoms with E-state index in [1.807, 2.05) is 60.8 Å². The van der Waals surface area contributed by atoms with Gasteiger partial charge in [0.1, 0.15) is 5.82 Å². The van der Waals surface area contributed by atoms with Crippen LogP contribution in [-0.2, 0) is 11.3 Å². The minimum Gasteiger partial charge on any atom is -0.355 e. The van der Waals surface area contributed by atoms with Crippen molar-refractivity contribution < 1.29 is 4.79 Å². The minimum atomic E-state index is -0.0132. The molecule has 2 heterocycles. The van der Waals surface area contributed by atoms with Crippen LogP contribution >= 0.6 is 0 Å². The highest BCUT2D eigenvalue weighted by molar-refractivity contribution is 5.80. The first-order valence-electron chi connectivity index (χ1n) is 9.08. The van der Waals surface area contributed by atoms with Crippen LogP contribution in [0.15, 0.2) is 60.8 Å². The Hall–Kier alpha value is -2.95. The second-order valence-electron chi connectivity index (χ2n) is 6.71. The van der Waals surface area contributed by atoms with Gasteiger partial charge >= 0.3 is 0 Å². The normalized spacial score (nSPS) is 17.2. The van der Waals surface area contributed by atoms with E-state index >= 15 is 0 Å². The average Bonchev–Trinajstić information content (AvgIpc) is 2.72. The number of hydrogen-bond acceptors (Lipinski definition) is 4. The first-order valence-corrected chi connectivity index (χ1v) is 9.08. The lowest BCUT2D eigenvalue weighted by molar-refractivity contribution is -0.125. The summed E-state index contributed by atoms with van der Waals surface area (Å²) in [5.74, 6) is 0.956. The standard InChI is InChI=1S/C21H22N4O/c26-21(23-13-16-7-2-1-3-8-16)17-9-6-12-25(15-17)20-14-22-18-10-4-5-11-19(18)24-20/h1-5,7-8,10-11,14,17H,6,9,12-13,15H2,(H,23,26)/t17-/m1/s1. The van der Waals surface area contributed by atoms with Crippen LogP contribution in [-0.4, -0.2) is 29.0 Å². The number of rotatable bonds is 4. The Morgan fingerprint density at radius 1 is 1.08 bits per heavy atom. The van der Waals surface area contributed by atoms with Gasteiger partial charge in [-0.25, -0.2) is 4.98 Å². The molecule has 0 saturated carbocycles. The molecule has 1 amide bonds. The van der Waals surface area contributed by atoms with Gasteiger partial charge in [0.25, 0.3) is 0 Å². The molecule has 0 spiro atoms. The van der Waals surface area contributed by atoms with E-state index in [9.17, 15) is 4.79 Å². The Labute approximate surface area is 153 Å². The fraction of sp³-hybridized carbons (Fsp3) is 0.286. The molecule has 5 nitrogen and oxygen atoms in total. The Morgan fingerprint density at radius 3 is 2.69 bits per heavy atom. The van der Waals surface area contributed by atoms with Crippen molar-refractivity contribution in [3.05, 3.63) is 66.4 Å². The van der Waals surface area contributed by atoms with Crippen LogP contribution in [0.3, 0.4) is 0 Å². The molecule has 1 aromatic heterocycles. The Balaban J connectivity index is 1.42. The second-order valence-corrected chi connectivity index (χ2v) is 6.71. The molecule has 1 saturated heterocycles. The molecule has 1 N–H and O–H groups in total. The number of nitrogens with zero attached hydrogens (tertiary/aromatic N) is 3. The van der Waals surface area contributed by atoms with Gasteiger partial charge in [-0.2, -0.15) is 0 Å². The third kappa shape index (κ3) is 3.67. The van der Waals surface area contributed by atoms with E-state index in [2.05, 4.69) is 15.2 Å². The number of piperidine rings is 1. The number of amides is 1. The van der Waals surface area contributed by atoms with Crippen molar-refractivity contribution in [3.8, 4) is 0 Å². The average molecular weight is 346 g/mol. The molecule has 0 radical (unpaired) electrons. The third-order valence-corrected chi connectivity index (χ3v) is 4.86. The molecule has 0 aliphatic carbocycles. The van der Waals surface area contributed by atoms with Crippen molar-refractivity contribution in [2.24, 2.45) is 5.92 Å². The van der Waals surface area contributed by atoms with E-state index in [-0.39, 0.29) is 11.8 Å². The molecule has 132 valence electrons. The molecule has 1 fully saturated rings. The van der Waals surface area contributed by atoms with Crippen molar-refractivity contribution in [1.82, 2.24) is 15.3 Å². The summed E-state index contributed by atoms with van der Waals surface area (Å²) in [6.45, 7) is 2.18. The van der Waals surface area contributed by atoms with E-state index in [4.69, 9.17) is 4.98 Å². The van der Waals surface area contributed by atoms with Gasteiger partial charge in [-0.15, -0.1) is 0 Å².